The second kappa shape index (κ2) is 7.90. The predicted molar refractivity (Wildman–Crippen MR) is 74.7 cm³/mol. The Bertz CT molecular complexity index is 433. The summed E-state index contributed by atoms with van der Waals surface area (Å²) in [5.74, 6) is 0.365. The van der Waals surface area contributed by atoms with E-state index in [1.807, 2.05) is 13.8 Å². The lowest BCUT2D eigenvalue weighted by Gasteiger charge is -2.20. The van der Waals surface area contributed by atoms with Crippen LogP contribution in [0.15, 0.2) is 17.3 Å². The van der Waals surface area contributed by atoms with Crippen molar-refractivity contribution in [2.24, 2.45) is 5.73 Å². The van der Waals surface area contributed by atoms with Gasteiger partial charge < -0.3 is 10.6 Å². The topological polar surface area (TPSA) is 89.9 Å². The highest BCUT2D eigenvalue weighted by atomic mass is 32.2. The Hall–Kier alpha value is -1.41. The molecule has 106 valence electrons. The maximum Gasteiger partial charge on any atom is 0.233 e. The number of carbonyl (C=O) groups excluding carboxylic acids is 1. The second-order valence-electron chi connectivity index (χ2n) is 4.13. The lowest BCUT2D eigenvalue weighted by Crippen LogP contribution is -2.33. The standard InChI is InChI=1S/C11H20N6OS/c1-4-16(7-9(2)3)10(18)8-19-11-13-14-15-17(11)6-5-12/h2,4-8,12H2,1,3H3. The molecule has 0 aromatic carbocycles. The lowest BCUT2D eigenvalue weighted by atomic mass is 10.3. The van der Waals surface area contributed by atoms with Gasteiger partial charge in [-0.2, -0.15) is 0 Å². The van der Waals surface area contributed by atoms with Crippen LogP contribution in [0, 0.1) is 0 Å². The summed E-state index contributed by atoms with van der Waals surface area (Å²) in [5, 5.41) is 11.9. The van der Waals surface area contributed by atoms with Crippen LogP contribution in [-0.2, 0) is 11.3 Å². The van der Waals surface area contributed by atoms with Gasteiger partial charge in [-0.25, -0.2) is 4.68 Å². The minimum Gasteiger partial charge on any atom is -0.338 e. The first-order chi connectivity index (χ1) is 9.08. The third-order valence-electron chi connectivity index (χ3n) is 2.36. The van der Waals surface area contributed by atoms with Gasteiger partial charge in [0, 0.05) is 19.6 Å². The zero-order valence-electron chi connectivity index (χ0n) is 11.4. The molecule has 1 heterocycles. The number of likely N-dealkylation sites (N-methyl/N-ethyl adjacent to an activating group) is 1. The molecule has 0 aliphatic heterocycles. The molecule has 0 unspecified atom stereocenters. The summed E-state index contributed by atoms with van der Waals surface area (Å²) in [7, 11) is 0. The molecule has 0 radical (unpaired) electrons. The SMILES string of the molecule is C=C(C)CN(CC)C(=O)CSc1nnnn1CCN. The summed E-state index contributed by atoms with van der Waals surface area (Å²) in [6.45, 7) is 9.94. The van der Waals surface area contributed by atoms with E-state index in [0.717, 1.165) is 5.57 Å². The number of nitrogens with zero attached hydrogens (tertiary/aromatic N) is 5. The van der Waals surface area contributed by atoms with Crippen molar-refractivity contribution in [2.75, 3.05) is 25.4 Å². The molecule has 19 heavy (non-hydrogen) atoms. The highest BCUT2D eigenvalue weighted by Crippen LogP contribution is 2.14. The van der Waals surface area contributed by atoms with E-state index in [-0.39, 0.29) is 5.91 Å². The summed E-state index contributed by atoms with van der Waals surface area (Å²) in [6, 6.07) is 0. The summed E-state index contributed by atoms with van der Waals surface area (Å²) in [5.41, 5.74) is 6.42. The Labute approximate surface area is 117 Å². The molecule has 2 N–H and O–H groups in total. The van der Waals surface area contributed by atoms with E-state index in [1.165, 1.54) is 11.8 Å². The molecule has 1 aromatic rings. The minimum atomic E-state index is 0.0535. The minimum absolute atomic E-state index is 0.0535. The molecule has 1 aromatic heterocycles. The van der Waals surface area contributed by atoms with Gasteiger partial charge in [-0.05, 0) is 24.3 Å². The van der Waals surface area contributed by atoms with Crippen molar-refractivity contribution in [2.45, 2.75) is 25.5 Å². The molecule has 0 aliphatic rings. The molecule has 0 saturated heterocycles. The number of rotatable bonds is 8. The molecule has 1 rings (SSSR count). The van der Waals surface area contributed by atoms with Crippen LogP contribution < -0.4 is 5.73 Å². The number of tetrazole rings is 1. The van der Waals surface area contributed by atoms with Gasteiger partial charge in [-0.15, -0.1) is 5.10 Å². The first-order valence-electron chi connectivity index (χ1n) is 6.09. The summed E-state index contributed by atoms with van der Waals surface area (Å²) >= 11 is 1.32. The highest BCUT2D eigenvalue weighted by molar-refractivity contribution is 7.99. The van der Waals surface area contributed by atoms with E-state index in [1.54, 1.807) is 9.58 Å². The normalized spacial score (nSPS) is 10.5. The van der Waals surface area contributed by atoms with Crippen molar-refractivity contribution in [3.63, 3.8) is 0 Å². The van der Waals surface area contributed by atoms with E-state index >= 15 is 0 Å². The van der Waals surface area contributed by atoms with Gasteiger partial charge >= 0.3 is 0 Å². The van der Waals surface area contributed by atoms with Crippen LogP contribution in [0.25, 0.3) is 0 Å². The first-order valence-corrected chi connectivity index (χ1v) is 7.08. The van der Waals surface area contributed by atoms with Gasteiger partial charge in [0.1, 0.15) is 0 Å². The van der Waals surface area contributed by atoms with Crippen LogP contribution >= 0.6 is 11.8 Å². The Kier molecular flexibility index (Phi) is 6.51. The van der Waals surface area contributed by atoms with Crippen LogP contribution in [0.3, 0.4) is 0 Å². The zero-order valence-corrected chi connectivity index (χ0v) is 12.2. The molecule has 1 amide bonds. The smallest absolute Gasteiger partial charge is 0.233 e. The summed E-state index contributed by atoms with van der Waals surface area (Å²) in [4.78, 5) is 13.8. The monoisotopic (exact) mass is 284 g/mol. The summed E-state index contributed by atoms with van der Waals surface area (Å²) < 4.78 is 1.60. The number of nitrogens with two attached hydrogens (primary N) is 1. The molecule has 0 saturated carbocycles. The average Bonchev–Trinajstić information content (AvgIpc) is 2.80. The Morgan fingerprint density at radius 1 is 1.58 bits per heavy atom. The Morgan fingerprint density at radius 2 is 2.32 bits per heavy atom. The van der Waals surface area contributed by atoms with Gasteiger partial charge in [-0.1, -0.05) is 23.9 Å². The van der Waals surface area contributed by atoms with Gasteiger partial charge in [0.15, 0.2) is 0 Å². The van der Waals surface area contributed by atoms with Crippen LogP contribution in [0.2, 0.25) is 0 Å². The molecule has 7 nitrogen and oxygen atoms in total. The molecule has 0 atom stereocenters. The molecular formula is C11H20N6OS. The van der Waals surface area contributed by atoms with E-state index in [9.17, 15) is 4.79 Å². The number of thioether (sulfide) groups is 1. The average molecular weight is 284 g/mol. The van der Waals surface area contributed by atoms with E-state index in [4.69, 9.17) is 5.73 Å². The highest BCUT2D eigenvalue weighted by Gasteiger charge is 2.14. The van der Waals surface area contributed by atoms with E-state index in [0.29, 0.717) is 37.1 Å². The van der Waals surface area contributed by atoms with Gasteiger partial charge in [0.25, 0.3) is 0 Å². The lowest BCUT2D eigenvalue weighted by molar-refractivity contribution is -0.127. The van der Waals surface area contributed by atoms with Crippen molar-refractivity contribution >= 4 is 17.7 Å². The zero-order chi connectivity index (χ0) is 14.3. The third-order valence-corrected chi connectivity index (χ3v) is 3.30. The number of hydrogen-bond donors (Lipinski definition) is 1. The number of amides is 1. The fourth-order valence-corrected chi connectivity index (χ4v) is 2.29. The fraction of sp³-hybridized carbons (Fsp3) is 0.636. The number of carbonyl (C=O) groups is 1. The van der Waals surface area contributed by atoms with Crippen molar-refractivity contribution in [1.29, 1.82) is 0 Å². The van der Waals surface area contributed by atoms with Crippen molar-refractivity contribution < 1.29 is 4.79 Å². The van der Waals surface area contributed by atoms with Crippen LogP contribution in [-0.4, -0.2) is 56.4 Å². The second-order valence-corrected chi connectivity index (χ2v) is 5.07. The Morgan fingerprint density at radius 3 is 2.89 bits per heavy atom. The van der Waals surface area contributed by atoms with E-state index in [2.05, 4.69) is 22.1 Å². The van der Waals surface area contributed by atoms with Crippen LogP contribution in [0.5, 0.6) is 0 Å². The molecule has 0 spiro atoms. The van der Waals surface area contributed by atoms with Crippen LogP contribution in [0.1, 0.15) is 13.8 Å². The van der Waals surface area contributed by atoms with Crippen LogP contribution in [0.4, 0.5) is 0 Å². The Balaban J connectivity index is 2.52. The maximum absolute atomic E-state index is 12.0. The molecular weight excluding hydrogens is 264 g/mol. The quantitative estimate of drug-likeness (QED) is 0.540. The molecule has 0 fully saturated rings. The molecule has 8 heteroatoms. The largest absolute Gasteiger partial charge is 0.338 e. The van der Waals surface area contributed by atoms with Crippen molar-refractivity contribution in [3.8, 4) is 0 Å². The first kappa shape index (κ1) is 15.6. The fourth-order valence-electron chi connectivity index (χ4n) is 1.48. The third kappa shape index (κ3) is 4.99. The molecule has 0 aliphatic carbocycles. The molecule has 0 bridgehead atoms. The van der Waals surface area contributed by atoms with Crippen molar-refractivity contribution in [1.82, 2.24) is 25.1 Å². The number of aromatic nitrogens is 4. The van der Waals surface area contributed by atoms with Gasteiger partial charge in [-0.3, -0.25) is 4.79 Å². The van der Waals surface area contributed by atoms with Gasteiger partial charge in [0.2, 0.25) is 11.1 Å². The van der Waals surface area contributed by atoms with Gasteiger partial charge in [0.05, 0.1) is 12.3 Å². The number of hydrogen-bond acceptors (Lipinski definition) is 6. The van der Waals surface area contributed by atoms with Crippen molar-refractivity contribution in [3.05, 3.63) is 12.2 Å². The predicted octanol–water partition coefficient (Wildman–Crippen LogP) is 0.149. The maximum atomic E-state index is 12.0. The van der Waals surface area contributed by atoms with E-state index < -0.39 is 0 Å². The summed E-state index contributed by atoms with van der Waals surface area (Å²) in [6.07, 6.45) is 0.